The van der Waals surface area contributed by atoms with Crippen molar-refractivity contribution in [3.8, 4) is 0 Å². The van der Waals surface area contributed by atoms with Crippen molar-refractivity contribution >= 4 is 39.9 Å². The summed E-state index contributed by atoms with van der Waals surface area (Å²) in [6.07, 6.45) is 1.51. The topological polar surface area (TPSA) is 39.2 Å². The largest absolute Gasteiger partial charge is 0.464 e. The van der Waals surface area contributed by atoms with Crippen molar-refractivity contribution in [2.75, 3.05) is 7.11 Å². The number of methoxy groups -OCH3 is 1. The molecule has 0 aliphatic carbocycles. The number of hydrogen-bond donors (Lipinski definition) is 0. The zero-order valence-electron chi connectivity index (χ0n) is 8.33. The van der Waals surface area contributed by atoms with E-state index in [0.717, 1.165) is 5.39 Å². The summed E-state index contributed by atoms with van der Waals surface area (Å²) in [4.78, 5) is 15.4. The van der Waals surface area contributed by atoms with E-state index in [2.05, 4.69) is 9.72 Å². The molecular formula is C11H7Cl2NO2. The zero-order valence-corrected chi connectivity index (χ0v) is 9.84. The molecule has 0 atom stereocenters. The fourth-order valence-electron chi connectivity index (χ4n) is 1.47. The maximum Gasteiger partial charge on any atom is 0.357 e. The van der Waals surface area contributed by atoms with Crippen molar-refractivity contribution in [1.29, 1.82) is 0 Å². The molecule has 82 valence electrons. The molecule has 0 unspecified atom stereocenters. The lowest BCUT2D eigenvalue weighted by molar-refractivity contribution is 0.0596. The monoisotopic (exact) mass is 255 g/mol. The van der Waals surface area contributed by atoms with Gasteiger partial charge in [-0.1, -0.05) is 23.2 Å². The highest BCUT2D eigenvalue weighted by molar-refractivity contribution is 6.39. The number of fused-ring (bicyclic) bond motifs is 1. The van der Waals surface area contributed by atoms with Gasteiger partial charge >= 0.3 is 5.97 Å². The maximum atomic E-state index is 11.5. The molecule has 0 spiro atoms. The second-order valence-corrected chi connectivity index (χ2v) is 3.98. The molecule has 0 radical (unpaired) electrons. The Kier molecular flexibility index (Phi) is 2.99. The maximum absolute atomic E-state index is 11.5. The first-order valence-corrected chi connectivity index (χ1v) is 5.21. The third-order valence-corrected chi connectivity index (χ3v) is 2.70. The number of carbonyl (C=O) groups is 1. The number of ether oxygens (including phenoxy) is 1. The Morgan fingerprint density at radius 2 is 2.06 bits per heavy atom. The summed E-state index contributed by atoms with van der Waals surface area (Å²) in [5.41, 5.74) is 0.212. The van der Waals surface area contributed by atoms with Crippen molar-refractivity contribution in [2.24, 2.45) is 0 Å². The first-order chi connectivity index (χ1) is 7.63. The molecule has 1 aromatic heterocycles. The second kappa shape index (κ2) is 4.28. The van der Waals surface area contributed by atoms with Crippen LogP contribution in [0.4, 0.5) is 0 Å². The van der Waals surface area contributed by atoms with Crippen molar-refractivity contribution < 1.29 is 9.53 Å². The van der Waals surface area contributed by atoms with Gasteiger partial charge in [-0.3, -0.25) is 0 Å². The van der Waals surface area contributed by atoms with Crippen molar-refractivity contribution in [3.05, 3.63) is 40.1 Å². The summed E-state index contributed by atoms with van der Waals surface area (Å²) >= 11 is 11.9. The quantitative estimate of drug-likeness (QED) is 0.734. The predicted octanol–water partition coefficient (Wildman–Crippen LogP) is 3.33. The van der Waals surface area contributed by atoms with Crippen LogP contribution in [0.3, 0.4) is 0 Å². The summed E-state index contributed by atoms with van der Waals surface area (Å²) in [6.45, 7) is 0. The van der Waals surface area contributed by atoms with Gasteiger partial charge in [0.2, 0.25) is 0 Å². The van der Waals surface area contributed by atoms with Crippen molar-refractivity contribution in [3.63, 3.8) is 0 Å². The van der Waals surface area contributed by atoms with Gasteiger partial charge in [0.15, 0.2) is 5.69 Å². The lowest BCUT2D eigenvalue weighted by atomic mass is 10.1. The number of halogens is 2. The van der Waals surface area contributed by atoms with Crippen LogP contribution in [0.2, 0.25) is 10.0 Å². The highest BCUT2D eigenvalue weighted by Crippen LogP contribution is 2.29. The molecule has 0 N–H and O–H groups in total. The van der Waals surface area contributed by atoms with Crippen LogP contribution < -0.4 is 0 Å². The molecule has 3 nitrogen and oxygen atoms in total. The number of nitrogens with zero attached hydrogens (tertiary/aromatic N) is 1. The second-order valence-electron chi connectivity index (χ2n) is 3.13. The van der Waals surface area contributed by atoms with Crippen LogP contribution >= 0.6 is 23.2 Å². The lowest BCUT2D eigenvalue weighted by Crippen LogP contribution is -2.04. The molecule has 5 heteroatoms. The van der Waals surface area contributed by atoms with Gasteiger partial charge < -0.3 is 4.74 Å². The first-order valence-electron chi connectivity index (χ1n) is 4.45. The Morgan fingerprint density at radius 3 is 2.75 bits per heavy atom. The van der Waals surface area contributed by atoms with Crippen molar-refractivity contribution in [1.82, 2.24) is 4.98 Å². The Bertz CT molecular complexity index is 569. The van der Waals surface area contributed by atoms with Crippen LogP contribution in [-0.4, -0.2) is 18.1 Å². The summed E-state index contributed by atoms with van der Waals surface area (Å²) in [5.74, 6) is -0.510. The number of benzene rings is 1. The van der Waals surface area contributed by atoms with E-state index in [4.69, 9.17) is 23.2 Å². The van der Waals surface area contributed by atoms with Crippen LogP contribution in [0, 0.1) is 0 Å². The Hall–Kier alpha value is -1.32. The van der Waals surface area contributed by atoms with Crippen LogP contribution in [0.25, 0.3) is 10.8 Å². The Labute approximate surface area is 102 Å². The zero-order chi connectivity index (χ0) is 11.7. The molecule has 1 aromatic carbocycles. The van der Waals surface area contributed by atoms with Crippen molar-refractivity contribution in [2.45, 2.75) is 0 Å². The highest BCUT2D eigenvalue weighted by Gasteiger charge is 2.13. The summed E-state index contributed by atoms with van der Waals surface area (Å²) in [6, 6.07) is 4.98. The molecule has 1 heterocycles. The van der Waals surface area contributed by atoms with Gasteiger partial charge in [-0.05, 0) is 18.2 Å². The summed E-state index contributed by atoms with van der Waals surface area (Å²) in [5, 5.41) is 2.25. The number of rotatable bonds is 1. The minimum absolute atomic E-state index is 0.212. The first kappa shape index (κ1) is 11.2. The van der Waals surface area contributed by atoms with Gasteiger partial charge in [0.25, 0.3) is 0 Å². The van der Waals surface area contributed by atoms with Crippen LogP contribution in [0.15, 0.2) is 24.4 Å². The molecule has 0 amide bonds. The van der Waals surface area contributed by atoms with E-state index in [-0.39, 0.29) is 5.69 Å². The normalized spacial score (nSPS) is 10.4. The summed E-state index contributed by atoms with van der Waals surface area (Å²) < 4.78 is 4.64. The Balaban J connectivity index is 2.81. The molecule has 0 aliphatic heterocycles. The highest BCUT2D eigenvalue weighted by atomic mass is 35.5. The number of carbonyl (C=O) groups excluding carboxylic acids is 1. The van der Waals surface area contributed by atoms with Crippen LogP contribution in [0.1, 0.15) is 10.5 Å². The van der Waals surface area contributed by atoms with Gasteiger partial charge in [-0.15, -0.1) is 0 Å². The van der Waals surface area contributed by atoms with Gasteiger partial charge in [0.05, 0.1) is 12.1 Å². The van der Waals surface area contributed by atoms with Gasteiger partial charge in [0.1, 0.15) is 0 Å². The number of esters is 1. The molecule has 2 rings (SSSR count). The smallest absolute Gasteiger partial charge is 0.357 e. The van der Waals surface area contributed by atoms with E-state index in [1.54, 1.807) is 18.2 Å². The minimum Gasteiger partial charge on any atom is -0.464 e. The van der Waals surface area contributed by atoms with E-state index in [1.807, 2.05) is 0 Å². The van der Waals surface area contributed by atoms with Gasteiger partial charge in [0, 0.05) is 22.0 Å². The molecule has 0 saturated heterocycles. The number of hydrogen-bond acceptors (Lipinski definition) is 3. The predicted molar refractivity (Wildman–Crippen MR) is 63.1 cm³/mol. The van der Waals surface area contributed by atoms with E-state index in [0.29, 0.717) is 15.4 Å². The molecule has 0 saturated carbocycles. The average Bonchev–Trinajstić information content (AvgIpc) is 2.27. The SMILES string of the molecule is COC(=O)c1nccc2c(Cl)cc(Cl)cc12. The summed E-state index contributed by atoms with van der Waals surface area (Å²) in [7, 11) is 1.30. The molecule has 2 aromatic rings. The minimum atomic E-state index is -0.510. The standard InChI is InChI=1S/C11H7Cl2NO2/c1-16-11(15)10-8-4-6(12)5-9(13)7(8)2-3-14-10/h2-5H,1H3. The van der Waals surface area contributed by atoms with E-state index in [1.165, 1.54) is 13.3 Å². The van der Waals surface area contributed by atoms with Gasteiger partial charge in [-0.2, -0.15) is 0 Å². The molecule has 16 heavy (non-hydrogen) atoms. The fraction of sp³-hybridized carbons (Fsp3) is 0.0909. The average molecular weight is 256 g/mol. The third-order valence-electron chi connectivity index (χ3n) is 2.17. The Morgan fingerprint density at radius 1 is 1.31 bits per heavy atom. The molecule has 0 bridgehead atoms. The van der Waals surface area contributed by atoms with Crippen LogP contribution in [-0.2, 0) is 4.74 Å². The molecule has 0 fully saturated rings. The number of aromatic nitrogens is 1. The fourth-order valence-corrected chi connectivity index (χ4v) is 2.02. The van der Waals surface area contributed by atoms with Crippen LogP contribution in [0.5, 0.6) is 0 Å². The third kappa shape index (κ3) is 1.84. The molecule has 0 aliphatic rings. The van der Waals surface area contributed by atoms with Gasteiger partial charge in [-0.25, -0.2) is 9.78 Å². The van der Waals surface area contributed by atoms with E-state index in [9.17, 15) is 4.79 Å². The molecular weight excluding hydrogens is 249 g/mol. The lowest BCUT2D eigenvalue weighted by Gasteiger charge is -2.05. The number of pyridine rings is 1. The van der Waals surface area contributed by atoms with E-state index >= 15 is 0 Å². The van der Waals surface area contributed by atoms with E-state index < -0.39 is 5.97 Å².